The first-order chi connectivity index (χ1) is 15.8. The van der Waals surface area contributed by atoms with Crippen LogP contribution in [0.5, 0.6) is 0 Å². The van der Waals surface area contributed by atoms with E-state index in [1.807, 2.05) is 20.8 Å². The fraction of sp³-hybridized carbons (Fsp3) is 0.444. The van der Waals surface area contributed by atoms with Crippen LogP contribution in [0, 0.1) is 0 Å². The van der Waals surface area contributed by atoms with Gasteiger partial charge in [-0.25, -0.2) is 0 Å². The molecule has 0 N–H and O–H groups in total. The lowest BCUT2D eigenvalue weighted by Gasteiger charge is -2.25. The van der Waals surface area contributed by atoms with Crippen LogP contribution in [0.3, 0.4) is 0 Å². The SMILES string of the molecule is CCCC/C=C/c1c(/C=C/CCCC)c(C(=O)[O-])c(C(=O)[O-])c(/C=C/CCCC)c1C(=O)[O-]. The molecule has 0 aliphatic heterocycles. The van der Waals surface area contributed by atoms with Gasteiger partial charge in [-0.3, -0.25) is 0 Å². The van der Waals surface area contributed by atoms with E-state index >= 15 is 0 Å². The van der Waals surface area contributed by atoms with Crippen LogP contribution in [0.2, 0.25) is 0 Å². The summed E-state index contributed by atoms with van der Waals surface area (Å²) >= 11 is 0. The van der Waals surface area contributed by atoms with E-state index in [9.17, 15) is 29.7 Å². The van der Waals surface area contributed by atoms with E-state index in [1.165, 1.54) is 18.2 Å². The summed E-state index contributed by atoms with van der Waals surface area (Å²) in [6.45, 7) is 6.01. The molecule has 0 saturated carbocycles. The zero-order valence-electron chi connectivity index (χ0n) is 19.8. The minimum absolute atomic E-state index is 0.0250. The van der Waals surface area contributed by atoms with Gasteiger partial charge in [0.25, 0.3) is 0 Å². The number of rotatable bonds is 15. The van der Waals surface area contributed by atoms with Gasteiger partial charge in [-0.15, -0.1) is 0 Å². The van der Waals surface area contributed by atoms with E-state index in [0.29, 0.717) is 19.3 Å². The minimum Gasteiger partial charge on any atom is -0.545 e. The molecule has 0 amide bonds. The molecule has 33 heavy (non-hydrogen) atoms. The summed E-state index contributed by atoms with van der Waals surface area (Å²) in [5, 5.41) is 36.4. The molecule has 0 fully saturated rings. The number of carboxylic acid groups (broad SMARTS) is 3. The molecular formula is C27H33O6-3. The Balaban J connectivity index is 4.03. The van der Waals surface area contributed by atoms with Crippen molar-refractivity contribution >= 4 is 36.1 Å². The average Bonchev–Trinajstić information content (AvgIpc) is 2.76. The molecule has 1 rings (SSSR count). The van der Waals surface area contributed by atoms with Crippen LogP contribution in [-0.4, -0.2) is 17.9 Å². The van der Waals surface area contributed by atoms with Crippen LogP contribution >= 0.6 is 0 Å². The van der Waals surface area contributed by atoms with Gasteiger partial charge in [0, 0.05) is 16.7 Å². The topological polar surface area (TPSA) is 120 Å². The second-order valence-electron chi connectivity index (χ2n) is 7.86. The predicted octanol–water partition coefficient (Wildman–Crippen LogP) is 3.39. The van der Waals surface area contributed by atoms with Crippen molar-refractivity contribution in [2.24, 2.45) is 0 Å². The second kappa shape index (κ2) is 14.8. The number of carbonyl (C=O) groups is 3. The van der Waals surface area contributed by atoms with E-state index in [4.69, 9.17) is 0 Å². The zero-order chi connectivity index (χ0) is 24.8. The quantitative estimate of drug-likeness (QED) is 0.375. The number of carbonyl (C=O) groups excluding carboxylic acids is 3. The normalized spacial score (nSPS) is 11.7. The third kappa shape index (κ3) is 8.04. The standard InChI is InChI=1S/C27H36O6/c1-4-7-10-13-16-19-20(17-14-11-8-5-2)23(26(30)31)24(27(32)33)21(22(19)25(28)29)18-15-12-9-6-3/h13-18H,4-12H2,1-3H3,(H,28,29)(H,30,31)(H,32,33)/p-3/b16-13+,17-14+,18-15+. The Morgan fingerprint density at radius 2 is 0.848 bits per heavy atom. The van der Waals surface area contributed by atoms with Crippen molar-refractivity contribution in [1.29, 1.82) is 0 Å². The summed E-state index contributed by atoms with van der Waals surface area (Å²) in [6, 6.07) is 0. The maximum Gasteiger partial charge on any atom is 0.0728 e. The molecule has 6 nitrogen and oxygen atoms in total. The lowest BCUT2D eigenvalue weighted by molar-refractivity contribution is -0.260. The molecule has 1 aromatic rings. The van der Waals surface area contributed by atoms with Gasteiger partial charge in [-0.1, -0.05) is 95.8 Å². The van der Waals surface area contributed by atoms with Gasteiger partial charge in [-0.2, -0.15) is 0 Å². The van der Waals surface area contributed by atoms with Crippen molar-refractivity contribution in [2.45, 2.75) is 78.6 Å². The van der Waals surface area contributed by atoms with Crippen molar-refractivity contribution in [3.05, 3.63) is 51.6 Å². The summed E-state index contributed by atoms with van der Waals surface area (Å²) in [5.41, 5.74) is -1.83. The Bertz CT molecular complexity index is 921. The van der Waals surface area contributed by atoms with Gasteiger partial charge in [-0.05, 0) is 36.0 Å². The summed E-state index contributed by atoms with van der Waals surface area (Å²) in [4.78, 5) is 36.4. The van der Waals surface area contributed by atoms with Crippen LogP contribution in [0.4, 0.5) is 0 Å². The molecule has 0 atom stereocenters. The van der Waals surface area contributed by atoms with Crippen molar-refractivity contribution in [3.63, 3.8) is 0 Å². The Morgan fingerprint density at radius 3 is 1.18 bits per heavy atom. The summed E-state index contributed by atoms with van der Waals surface area (Å²) < 4.78 is 0. The first-order valence-electron chi connectivity index (χ1n) is 11.7. The lowest BCUT2D eigenvalue weighted by Crippen LogP contribution is -2.34. The Hall–Kier alpha value is -3.15. The van der Waals surface area contributed by atoms with Gasteiger partial charge in [0.05, 0.1) is 17.9 Å². The van der Waals surface area contributed by atoms with E-state index in [1.54, 1.807) is 18.2 Å². The maximum atomic E-state index is 12.2. The molecule has 0 spiro atoms. The molecule has 1 aromatic carbocycles. The first kappa shape index (κ1) is 27.9. The molecule has 0 aliphatic carbocycles. The smallest absolute Gasteiger partial charge is 0.0728 e. The number of unbranched alkanes of at least 4 members (excludes halogenated alkanes) is 6. The highest BCUT2D eigenvalue weighted by Gasteiger charge is 2.22. The second-order valence-corrected chi connectivity index (χ2v) is 7.86. The van der Waals surface area contributed by atoms with Crippen LogP contribution in [-0.2, 0) is 0 Å². The fourth-order valence-electron chi connectivity index (χ4n) is 3.54. The molecular weight excluding hydrogens is 420 g/mol. The highest BCUT2D eigenvalue weighted by atomic mass is 16.4. The lowest BCUT2D eigenvalue weighted by atomic mass is 9.85. The van der Waals surface area contributed by atoms with Gasteiger partial charge < -0.3 is 29.7 Å². The van der Waals surface area contributed by atoms with Crippen molar-refractivity contribution in [1.82, 2.24) is 0 Å². The van der Waals surface area contributed by atoms with Gasteiger partial charge >= 0.3 is 0 Å². The van der Waals surface area contributed by atoms with Crippen LogP contribution in [0.25, 0.3) is 18.2 Å². The van der Waals surface area contributed by atoms with Gasteiger partial charge in [0.1, 0.15) is 0 Å². The summed E-state index contributed by atoms with van der Waals surface area (Å²) in [6.07, 6.45) is 16.6. The Labute approximate surface area is 196 Å². The number of hydrogen-bond donors (Lipinski definition) is 0. The predicted molar refractivity (Wildman–Crippen MR) is 125 cm³/mol. The third-order valence-electron chi connectivity index (χ3n) is 5.26. The fourth-order valence-corrected chi connectivity index (χ4v) is 3.54. The monoisotopic (exact) mass is 453 g/mol. The molecule has 0 aromatic heterocycles. The molecule has 0 saturated heterocycles. The van der Waals surface area contributed by atoms with Gasteiger partial charge in [0.15, 0.2) is 0 Å². The Kier molecular flexibility index (Phi) is 12.5. The number of aromatic carboxylic acids is 3. The van der Waals surface area contributed by atoms with Crippen molar-refractivity contribution in [3.8, 4) is 0 Å². The first-order valence-corrected chi connectivity index (χ1v) is 11.7. The zero-order valence-corrected chi connectivity index (χ0v) is 19.8. The minimum atomic E-state index is -1.78. The molecule has 180 valence electrons. The molecule has 0 aliphatic rings. The molecule has 6 heteroatoms. The number of carboxylic acids is 3. The highest BCUT2D eigenvalue weighted by Crippen LogP contribution is 2.32. The van der Waals surface area contributed by atoms with Crippen molar-refractivity contribution in [2.75, 3.05) is 0 Å². The molecule has 0 unspecified atom stereocenters. The van der Waals surface area contributed by atoms with E-state index in [-0.39, 0.29) is 22.3 Å². The Morgan fingerprint density at radius 1 is 0.545 bits per heavy atom. The molecule has 0 heterocycles. The average molecular weight is 454 g/mol. The third-order valence-corrected chi connectivity index (χ3v) is 5.26. The highest BCUT2D eigenvalue weighted by molar-refractivity contribution is 6.11. The summed E-state index contributed by atoms with van der Waals surface area (Å²) in [5.74, 6) is -5.08. The largest absolute Gasteiger partial charge is 0.545 e. The van der Waals surface area contributed by atoms with Crippen LogP contribution in [0.1, 0.15) is 126 Å². The number of hydrogen-bond acceptors (Lipinski definition) is 6. The summed E-state index contributed by atoms with van der Waals surface area (Å²) in [7, 11) is 0. The molecule has 0 radical (unpaired) electrons. The van der Waals surface area contributed by atoms with E-state index in [2.05, 4.69) is 0 Å². The molecule has 0 bridgehead atoms. The van der Waals surface area contributed by atoms with Crippen LogP contribution in [0.15, 0.2) is 18.2 Å². The number of benzene rings is 1. The maximum absolute atomic E-state index is 12.2. The van der Waals surface area contributed by atoms with E-state index in [0.717, 1.165) is 38.5 Å². The van der Waals surface area contributed by atoms with Crippen molar-refractivity contribution < 1.29 is 29.7 Å². The van der Waals surface area contributed by atoms with Gasteiger partial charge in [0.2, 0.25) is 0 Å². The van der Waals surface area contributed by atoms with Crippen LogP contribution < -0.4 is 15.3 Å². The van der Waals surface area contributed by atoms with E-state index < -0.39 is 29.0 Å². The number of allylic oxidation sites excluding steroid dienone is 3.